The number of nitrogens with zero attached hydrogens (tertiary/aromatic N) is 2. The highest BCUT2D eigenvalue weighted by molar-refractivity contribution is 9.10. The Labute approximate surface area is 245 Å². The summed E-state index contributed by atoms with van der Waals surface area (Å²) in [5, 5.41) is 0.748. The van der Waals surface area contributed by atoms with Crippen molar-refractivity contribution in [3.05, 3.63) is 72.4 Å². The molecule has 1 saturated heterocycles. The standard InChI is InChI=1S/C28H32Br2ClN5O2/c29-20-12-19-4-3-18-13-21(31)14-23(30)25(18)26(27(19)33-15-20)17-7-9-36(10-8-17)24(37)11-16-1-5-22(6-2-16)34-35-28(32)38/h1,12-15,17,22,26,34H,2-11H2,(H3,32,35,38)/t22?,26-/m1/s1. The fourth-order valence-electron chi connectivity index (χ4n) is 6.17. The van der Waals surface area contributed by atoms with Gasteiger partial charge in [-0.2, -0.15) is 0 Å². The number of piperidine rings is 1. The van der Waals surface area contributed by atoms with E-state index in [-0.39, 0.29) is 17.9 Å². The molecule has 2 aromatic rings. The average molecular weight is 666 g/mol. The number of aryl methyl sites for hydroxylation is 2. The number of aromatic nitrogens is 1. The Kier molecular flexibility index (Phi) is 8.77. The van der Waals surface area contributed by atoms with Gasteiger partial charge in [-0.15, -0.1) is 0 Å². The first-order valence-electron chi connectivity index (χ1n) is 13.2. The van der Waals surface area contributed by atoms with Crippen LogP contribution in [0.2, 0.25) is 5.02 Å². The van der Waals surface area contributed by atoms with Gasteiger partial charge in [-0.25, -0.2) is 10.2 Å². The lowest BCUT2D eigenvalue weighted by molar-refractivity contribution is -0.131. The number of nitrogens with one attached hydrogen (secondary N) is 2. The van der Waals surface area contributed by atoms with Crippen LogP contribution in [0.3, 0.4) is 0 Å². The number of halogens is 3. The second kappa shape index (κ2) is 12.1. The SMILES string of the molecule is NC(=O)NNC1CC=C(CC(=O)N2CCC([C@H]3c4ncc(Br)cc4CCc4cc(Cl)cc(Br)c43)CC2)CC1. The third kappa shape index (κ3) is 6.27. The molecule has 0 saturated carbocycles. The van der Waals surface area contributed by atoms with E-state index in [4.69, 9.17) is 22.3 Å². The molecule has 1 fully saturated rings. The monoisotopic (exact) mass is 663 g/mol. The van der Waals surface area contributed by atoms with Crippen molar-refractivity contribution in [3.63, 3.8) is 0 Å². The van der Waals surface area contributed by atoms with Crippen LogP contribution >= 0.6 is 43.5 Å². The molecule has 0 radical (unpaired) electrons. The second-order valence-corrected chi connectivity index (χ2v) is 12.7. The number of hydrogen-bond acceptors (Lipinski definition) is 4. The number of rotatable bonds is 5. The highest BCUT2D eigenvalue weighted by Crippen LogP contribution is 2.46. The molecule has 3 amide bonds. The summed E-state index contributed by atoms with van der Waals surface area (Å²) in [5.41, 5.74) is 16.7. The molecular weight excluding hydrogens is 634 g/mol. The molecule has 5 rings (SSSR count). The summed E-state index contributed by atoms with van der Waals surface area (Å²) >= 11 is 13.9. The number of fused-ring (bicyclic) bond motifs is 2. The molecule has 1 aromatic carbocycles. The minimum absolute atomic E-state index is 0.144. The Morgan fingerprint density at radius 1 is 1.08 bits per heavy atom. The van der Waals surface area contributed by atoms with Gasteiger partial charge in [0, 0.05) is 51.6 Å². The molecule has 10 heteroatoms. The molecule has 2 aliphatic carbocycles. The molecule has 7 nitrogen and oxygen atoms in total. The Bertz CT molecular complexity index is 1260. The third-order valence-electron chi connectivity index (χ3n) is 8.06. The summed E-state index contributed by atoms with van der Waals surface area (Å²) in [6.45, 7) is 1.51. The van der Waals surface area contributed by atoms with Crippen molar-refractivity contribution in [2.45, 2.75) is 63.3 Å². The molecule has 1 unspecified atom stereocenters. The van der Waals surface area contributed by atoms with Crippen LogP contribution in [-0.2, 0) is 17.6 Å². The maximum Gasteiger partial charge on any atom is 0.326 e. The molecule has 1 aliphatic heterocycles. The summed E-state index contributed by atoms with van der Waals surface area (Å²) in [5.74, 6) is 0.756. The minimum atomic E-state index is -0.589. The zero-order chi connectivity index (χ0) is 26.8. The van der Waals surface area contributed by atoms with Crippen molar-refractivity contribution in [1.82, 2.24) is 20.7 Å². The van der Waals surface area contributed by atoms with Crippen LogP contribution in [0.4, 0.5) is 4.79 Å². The lowest BCUT2D eigenvalue weighted by atomic mass is 9.76. The molecule has 1 aromatic heterocycles. The van der Waals surface area contributed by atoms with Gasteiger partial charge in [0.2, 0.25) is 5.91 Å². The van der Waals surface area contributed by atoms with Gasteiger partial charge in [0.25, 0.3) is 0 Å². The van der Waals surface area contributed by atoms with E-state index >= 15 is 0 Å². The maximum atomic E-state index is 13.2. The minimum Gasteiger partial charge on any atom is -0.351 e. The summed E-state index contributed by atoms with van der Waals surface area (Å²) < 4.78 is 2.05. The number of benzene rings is 1. The fourth-order valence-corrected chi connectivity index (χ4v) is 7.67. The second-order valence-electron chi connectivity index (χ2n) is 10.5. The molecule has 2 atom stereocenters. The van der Waals surface area contributed by atoms with Gasteiger partial charge in [0.05, 0.1) is 5.69 Å². The number of pyridine rings is 1. The number of urea groups is 1. The molecule has 202 valence electrons. The number of amides is 3. The first kappa shape index (κ1) is 27.6. The normalized spacial score (nSPS) is 21.7. The van der Waals surface area contributed by atoms with Crippen molar-refractivity contribution in [3.8, 4) is 0 Å². The maximum absolute atomic E-state index is 13.2. The molecule has 38 heavy (non-hydrogen) atoms. The van der Waals surface area contributed by atoms with Gasteiger partial charge in [0.15, 0.2) is 0 Å². The van der Waals surface area contributed by atoms with Crippen molar-refractivity contribution in [2.24, 2.45) is 11.7 Å². The largest absolute Gasteiger partial charge is 0.351 e. The van der Waals surface area contributed by atoms with Gasteiger partial charge in [-0.3, -0.25) is 15.2 Å². The first-order valence-corrected chi connectivity index (χ1v) is 15.1. The Morgan fingerprint density at radius 2 is 1.84 bits per heavy atom. The van der Waals surface area contributed by atoms with E-state index in [1.54, 1.807) is 0 Å². The van der Waals surface area contributed by atoms with Crippen LogP contribution < -0.4 is 16.6 Å². The molecule has 3 aliphatic rings. The van der Waals surface area contributed by atoms with E-state index in [0.29, 0.717) is 12.3 Å². The van der Waals surface area contributed by atoms with Gasteiger partial charge in [-0.05, 0) is 102 Å². The van der Waals surface area contributed by atoms with E-state index in [0.717, 1.165) is 77.7 Å². The third-order valence-corrected chi connectivity index (χ3v) is 9.37. The summed E-state index contributed by atoms with van der Waals surface area (Å²) in [6, 6.07) is 5.87. The van der Waals surface area contributed by atoms with Crippen LogP contribution in [0.5, 0.6) is 0 Å². The molecule has 4 N–H and O–H groups in total. The van der Waals surface area contributed by atoms with E-state index < -0.39 is 6.03 Å². The van der Waals surface area contributed by atoms with E-state index in [2.05, 4.69) is 60.9 Å². The Hall–Kier alpha value is -1.94. The van der Waals surface area contributed by atoms with Gasteiger partial charge in [0.1, 0.15) is 0 Å². The first-order chi connectivity index (χ1) is 18.3. The predicted molar refractivity (Wildman–Crippen MR) is 156 cm³/mol. The van der Waals surface area contributed by atoms with E-state index in [1.807, 2.05) is 17.2 Å². The van der Waals surface area contributed by atoms with Crippen molar-refractivity contribution >= 4 is 55.4 Å². The zero-order valence-electron chi connectivity index (χ0n) is 21.1. The molecule has 2 heterocycles. The van der Waals surface area contributed by atoms with Gasteiger partial charge in [-0.1, -0.05) is 39.2 Å². The Morgan fingerprint density at radius 3 is 2.55 bits per heavy atom. The Balaban J connectivity index is 1.27. The quantitative estimate of drug-likeness (QED) is 0.279. The zero-order valence-corrected chi connectivity index (χ0v) is 25.0. The lowest BCUT2D eigenvalue weighted by Crippen LogP contribution is -2.47. The molecular formula is C28H32Br2ClN5O2. The highest BCUT2D eigenvalue weighted by atomic mass is 79.9. The number of carbonyl (C=O) groups excluding carboxylic acids is 2. The molecule has 0 bridgehead atoms. The highest BCUT2D eigenvalue weighted by Gasteiger charge is 2.36. The average Bonchev–Trinajstić information content (AvgIpc) is 3.05. The topological polar surface area (TPSA) is 100 Å². The summed E-state index contributed by atoms with van der Waals surface area (Å²) in [4.78, 5) is 31.0. The van der Waals surface area contributed by atoms with E-state index in [1.165, 1.54) is 22.3 Å². The number of nitrogens with two attached hydrogens (primary N) is 1. The van der Waals surface area contributed by atoms with Crippen LogP contribution in [0.1, 0.15) is 66.8 Å². The number of primary amides is 1. The number of hydrogen-bond donors (Lipinski definition) is 3. The summed E-state index contributed by atoms with van der Waals surface area (Å²) in [6.07, 6.45) is 10.7. The van der Waals surface area contributed by atoms with Crippen molar-refractivity contribution < 1.29 is 9.59 Å². The fraction of sp³-hybridized carbons (Fsp3) is 0.464. The van der Waals surface area contributed by atoms with Crippen LogP contribution in [0, 0.1) is 5.92 Å². The van der Waals surface area contributed by atoms with Crippen LogP contribution in [0.15, 0.2) is 45.0 Å². The number of likely N-dealkylation sites (tertiary alicyclic amines) is 1. The number of carbonyl (C=O) groups is 2. The smallest absolute Gasteiger partial charge is 0.326 e. The van der Waals surface area contributed by atoms with Crippen molar-refractivity contribution in [1.29, 1.82) is 0 Å². The van der Waals surface area contributed by atoms with Crippen molar-refractivity contribution in [2.75, 3.05) is 13.1 Å². The molecule has 0 spiro atoms. The lowest BCUT2D eigenvalue weighted by Gasteiger charge is -2.37. The van der Waals surface area contributed by atoms with Crippen LogP contribution in [-0.4, -0.2) is 41.0 Å². The number of hydrazine groups is 1. The van der Waals surface area contributed by atoms with E-state index in [9.17, 15) is 9.59 Å². The predicted octanol–water partition coefficient (Wildman–Crippen LogP) is 5.77. The summed E-state index contributed by atoms with van der Waals surface area (Å²) in [7, 11) is 0. The van der Waals surface area contributed by atoms with Gasteiger partial charge >= 0.3 is 6.03 Å². The van der Waals surface area contributed by atoms with Crippen LogP contribution in [0.25, 0.3) is 0 Å². The van der Waals surface area contributed by atoms with Gasteiger partial charge < -0.3 is 10.6 Å².